The molecule has 19 heavy (non-hydrogen) atoms. The lowest BCUT2D eigenvalue weighted by Crippen LogP contribution is -2.41. The summed E-state index contributed by atoms with van der Waals surface area (Å²) in [5.74, 6) is 0. The molecule has 0 radical (unpaired) electrons. The van der Waals surface area contributed by atoms with Crippen LogP contribution >= 0.6 is 0 Å². The maximum absolute atomic E-state index is 4.42. The Balaban J connectivity index is 2.48. The van der Waals surface area contributed by atoms with Crippen LogP contribution in [-0.2, 0) is 6.54 Å². The molecule has 0 aliphatic heterocycles. The van der Waals surface area contributed by atoms with E-state index in [0.717, 1.165) is 31.9 Å². The molecule has 0 aliphatic carbocycles. The molecule has 0 saturated carbocycles. The minimum Gasteiger partial charge on any atom is -0.313 e. The van der Waals surface area contributed by atoms with E-state index in [1.165, 1.54) is 19.3 Å². The molecule has 0 fully saturated rings. The smallest absolute Gasteiger partial charge is 0.0543 e. The van der Waals surface area contributed by atoms with Crippen LogP contribution in [0.1, 0.15) is 45.7 Å². The lowest BCUT2D eigenvalue weighted by atomic mass is 10.1. The first-order chi connectivity index (χ1) is 9.30. The minimum atomic E-state index is 0.605. The Labute approximate surface area is 118 Å². The third kappa shape index (κ3) is 6.69. The third-order valence-corrected chi connectivity index (χ3v) is 3.36. The summed E-state index contributed by atoms with van der Waals surface area (Å²) in [5, 5.41) is 3.66. The summed E-state index contributed by atoms with van der Waals surface area (Å²) >= 11 is 0. The Hall–Kier alpha value is -0.930. The first-order valence-corrected chi connectivity index (χ1v) is 7.65. The van der Waals surface area contributed by atoms with Crippen molar-refractivity contribution in [2.75, 3.05) is 19.6 Å². The maximum Gasteiger partial charge on any atom is 0.0543 e. The minimum absolute atomic E-state index is 0.605. The van der Waals surface area contributed by atoms with Gasteiger partial charge in [-0.3, -0.25) is 9.88 Å². The molecule has 3 heteroatoms. The first-order valence-electron chi connectivity index (χ1n) is 7.65. The third-order valence-electron chi connectivity index (χ3n) is 3.36. The highest BCUT2D eigenvalue weighted by atomic mass is 15.1. The summed E-state index contributed by atoms with van der Waals surface area (Å²) in [4.78, 5) is 6.90. The second-order valence-electron chi connectivity index (χ2n) is 5.09. The van der Waals surface area contributed by atoms with Crippen molar-refractivity contribution in [1.82, 2.24) is 15.2 Å². The van der Waals surface area contributed by atoms with Gasteiger partial charge >= 0.3 is 0 Å². The first kappa shape index (κ1) is 16.1. The second-order valence-corrected chi connectivity index (χ2v) is 5.09. The Kier molecular flexibility index (Phi) is 8.43. The number of rotatable bonds is 10. The fourth-order valence-corrected chi connectivity index (χ4v) is 2.29. The molecule has 1 aromatic heterocycles. The number of nitrogens with one attached hydrogen (secondary N) is 1. The molecular weight excluding hydrogens is 234 g/mol. The Morgan fingerprint density at radius 2 is 2.05 bits per heavy atom. The van der Waals surface area contributed by atoms with Crippen molar-refractivity contribution in [3.63, 3.8) is 0 Å². The van der Waals surface area contributed by atoms with Gasteiger partial charge in [-0.1, -0.05) is 33.3 Å². The highest BCUT2D eigenvalue weighted by Crippen LogP contribution is 2.05. The van der Waals surface area contributed by atoms with Gasteiger partial charge < -0.3 is 5.32 Å². The topological polar surface area (TPSA) is 28.2 Å². The zero-order chi connectivity index (χ0) is 13.9. The summed E-state index contributed by atoms with van der Waals surface area (Å²) in [6.07, 6.45) is 5.57. The molecule has 0 amide bonds. The summed E-state index contributed by atoms with van der Waals surface area (Å²) < 4.78 is 0. The zero-order valence-electron chi connectivity index (χ0n) is 12.7. The van der Waals surface area contributed by atoms with Gasteiger partial charge in [-0.05, 0) is 38.1 Å². The van der Waals surface area contributed by atoms with Crippen LogP contribution in [0.3, 0.4) is 0 Å². The fraction of sp³-hybridized carbons (Fsp3) is 0.688. The Bertz CT molecular complexity index is 313. The molecule has 1 atom stereocenters. The SMILES string of the molecule is CCCNC(CCC)CN(CC)Cc1ccccn1. The van der Waals surface area contributed by atoms with E-state index in [0.29, 0.717) is 6.04 Å². The van der Waals surface area contributed by atoms with Crippen LogP contribution in [0, 0.1) is 0 Å². The van der Waals surface area contributed by atoms with E-state index in [4.69, 9.17) is 0 Å². The van der Waals surface area contributed by atoms with E-state index >= 15 is 0 Å². The highest BCUT2D eigenvalue weighted by Gasteiger charge is 2.12. The van der Waals surface area contributed by atoms with Crippen molar-refractivity contribution in [2.45, 2.75) is 52.6 Å². The normalized spacial score (nSPS) is 12.8. The van der Waals surface area contributed by atoms with Gasteiger partial charge in [-0.2, -0.15) is 0 Å². The van der Waals surface area contributed by atoms with Crippen molar-refractivity contribution >= 4 is 0 Å². The van der Waals surface area contributed by atoms with Gasteiger partial charge in [0.15, 0.2) is 0 Å². The van der Waals surface area contributed by atoms with Crippen LogP contribution in [-0.4, -0.2) is 35.6 Å². The molecule has 1 heterocycles. The Morgan fingerprint density at radius 1 is 1.21 bits per heavy atom. The molecule has 1 N–H and O–H groups in total. The van der Waals surface area contributed by atoms with Crippen molar-refractivity contribution in [2.24, 2.45) is 0 Å². The molecular formula is C16H29N3. The number of likely N-dealkylation sites (N-methyl/N-ethyl adjacent to an activating group) is 1. The van der Waals surface area contributed by atoms with Crippen LogP contribution in [0.5, 0.6) is 0 Å². The predicted octanol–water partition coefficient (Wildman–Crippen LogP) is 3.07. The average molecular weight is 263 g/mol. The summed E-state index contributed by atoms with van der Waals surface area (Å²) in [6.45, 7) is 11.0. The largest absolute Gasteiger partial charge is 0.313 e. The Morgan fingerprint density at radius 3 is 2.63 bits per heavy atom. The lowest BCUT2D eigenvalue weighted by molar-refractivity contribution is 0.236. The van der Waals surface area contributed by atoms with Crippen LogP contribution in [0.15, 0.2) is 24.4 Å². The fourth-order valence-electron chi connectivity index (χ4n) is 2.29. The van der Waals surface area contributed by atoms with Gasteiger partial charge in [-0.15, -0.1) is 0 Å². The van der Waals surface area contributed by atoms with Gasteiger partial charge in [0.25, 0.3) is 0 Å². The van der Waals surface area contributed by atoms with Crippen molar-refractivity contribution in [3.8, 4) is 0 Å². The van der Waals surface area contributed by atoms with Crippen molar-refractivity contribution in [1.29, 1.82) is 0 Å². The number of hydrogen-bond acceptors (Lipinski definition) is 3. The van der Waals surface area contributed by atoms with Gasteiger partial charge in [0, 0.05) is 25.3 Å². The standard InChI is InChI=1S/C16H29N3/c1-4-9-15(17-11-5-2)13-19(6-3)14-16-10-7-8-12-18-16/h7-8,10,12,15,17H,4-6,9,11,13-14H2,1-3H3. The van der Waals surface area contributed by atoms with Gasteiger partial charge in [-0.25, -0.2) is 0 Å². The summed E-state index contributed by atoms with van der Waals surface area (Å²) in [6, 6.07) is 6.75. The molecule has 0 aliphatic rings. The highest BCUT2D eigenvalue weighted by molar-refractivity contribution is 5.03. The average Bonchev–Trinajstić information content (AvgIpc) is 2.45. The van der Waals surface area contributed by atoms with Crippen LogP contribution in [0.4, 0.5) is 0 Å². The van der Waals surface area contributed by atoms with Crippen molar-refractivity contribution in [3.05, 3.63) is 30.1 Å². The van der Waals surface area contributed by atoms with E-state index in [1.54, 1.807) is 0 Å². The maximum atomic E-state index is 4.42. The van der Waals surface area contributed by atoms with Crippen molar-refractivity contribution < 1.29 is 0 Å². The molecule has 0 spiro atoms. The van der Waals surface area contributed by atoms with Crippen LogP contribution in [0.25, 0.3) is 0 Å². The quantitative estimate of drug-likeness (QED) is 0.703. The van der Waals surface area contributed by atoms with E-state index in [-0.39, 0.29) is 0 Å². The molecule has 1 aromatic rings. The lowest BCUT2D eigenvalue weighted by Gasteiger charge is -2.27. The molecule has 1 unspecified atom stereocenters. The van der Waals surface area contributed by atoms with Gasteiger partial charge in [0.05, 0.1) is 5.69 Å². The van der Waals surface area contributed by atoms with Gasteiger partial charge in [0.2, 0.25) is 0 Å². The monoisotopic (exact) mass is 263 g/mol. The van der Waals surface area contributed by atoms with E-state index in [9.17, 15) is 0 Å². The molecule has 0 bridgehead atoms. The number of pyridine rings is 1. The number of hydrogen-bond donors (Lipinski definition) is 1. The van der Waals surface area contributed by atoms with E-state index in [2.05, 4.69) is 48.1 Å². The predicted molar refractivity (Wildman–Crippen MR) is 82.2 cm³/mol. The summed E-state index contributed by atoms with van der Waals surface area (Å²) in [7, 11) is 0. The van der Waals surface area contributed by atoms with Crippen LogP contribution in [0.2, 0.25) is 0 Å². The molecule has 0 saturated heterocycles. The number of nitrogens with zero attached hydrogens (tertiary/aromatic N) is 2. The van der Waals surface area contributed by atoms with Crippen LogP contribution < -0.4 is 5.32 Å². The van der Waals surface area contributed by atoms with E-state index in [1.807, 2.05) is 12.3 Å². The second kappa shape index (κ2) is 9.93. The van der Waals surface area contributed by atoms with Gasteiger partial charge in [0.1, 0.15) is 0 Å². The molecule has 108 valence electrons. The molecule has 1 rings (SSSR count). The zero-order valence-corrected chi connectivity index (χ0v) is 12.7. The summed E-state index contributed by atoms with van der Waals surface area (Å²) in [5.41, 5.74) is 1.16. The molecule has 3 nitrogen and oxygen atoms in total. The number of aromatic nitrogens is 1. The van der Waals surface area contributed by atoms with E-state index < -0.39 is 0 Å². The molecule has 0 aromatic carbocycles.